The van der Waals surface area contributed by atoms with Crippen LogP contribution in [-0.4, -0.2) is 25.1 Å². The van der Waals surface area contributed by atoms with Gasteiger partial charge in [0.15, 0.2) is 6.10 Å². The van der Waals surface area contributed by atoms with Crippen LogP contribution < -0.4 is 10.1 Å². The Bertz CT molecular complexity index is 1290. The predicted octanol–water partition coefficient (Wildman–Crippen LogP) is 5.06. The van der Waals surface area contributed by atoms with E-state index in [9.17, 15) is 18.4 Å². The number of amides is 1. The summed E-state index contributed by atoms with van der Waals surface area (Å²) in [5.41, 5.74) is 0.634. The van der Waals surface area contributed by atoms with Crippen LogP contribution in [-0.2, 0) is 9.53 Å². The molecule has 31 heavy (non-hydrogen) atoms. The van der Waals surface area contributed by atoms with E-state index in [1.165, 1.54) is 14.0 Å². The van der Waals surface area contributed by atoms with Gasteiger partial charge < -0.3 is 19.2 Å². The number of esters is 1. The molecule has 6 nitrogen and oxygen atoms in total. The summed E-state index contributed by atoms with van der Waals surface area (Å²) in [6.45, 7) is 1.29. The molecular weight excluding hydrogens is 408 g/mol. The molecule has 1 heterocycles. The van der Waals surface area contributed by atoms with E-state index in [2.05, 4.69) is 5.32 Å². The Balaban J connectivity index is 1.57. The van der Waals surface area contributed by atoms with Gasteiger partial charge in [0.2, 0.25) is 0 Å². The molecule has 1 aromatic heterocycles. The third-order valence-corrected chi connectivity index (χ3v) is 4.78. The molecule has 0 spiro atoms. The highest BCUT2D eigenvalue weighted by molar-refractivity contribution is 6.08. The second-order valence-electron chi connectivity index (χ2n) is 6.78. The van der Waals surface area contributed by atoms with Gasteiger partial charge in [0.1, 0.15) is 34.1 Å². The van der Waals surface area contributed by atoms with Crippen molar-refractivity contribution in [1.29, 1.82) is 0 Å². The zero-order valence-electron chi connectivity index (χ0n) is 16.6. The summed E-state index contributed by atoms with van der Waals surface area (Å²) in [4.78, 5) is 24.7. The minimum Gasteiger partial charge on any atom is -0.495 e. The van der Waals surface area contributed by atoms with Crippen molar-refractivity contribution in [1.82, 2.24) is 0 Å². The molecule has 0 saturated carbocycles. The van der Waals surface area contributed by atoms with Gasteiger partial charge in [0.05, 0.1) is 12.8 Å². The summed E-state index contributed by atoms with van der Waals surface area (Å²) in [7, 11) is 1.45. The normalized spacial score (nSPS) is 12.0. The zero-order valence-corrected chi connectivity index (χ0v) is 16.6. The average Bonchev–Trinajstić information content (AvgIpc) is 3.10. The van der Waals surface area contributed by atoms with Crippen LogP contribution in [0.2, 0.25) is 0 Å². The third kappa shape index (κ3) is 3.79. The molecule has 0 aliphatic heterocycles. The molecule has 0 aliphatic rings. The molecule has 158 valence electrons. The second-order valence-corrected chi connectivity index (χ2v) is 6.78. The molecule has 8 heteroatoms. The Morgan fingerprint density at radius 1 is 0.968 bits per heavy atom. The number of carbonyl (C=O) groups excluding carboxylic acids is 2. The number of rotatable bonds is 5. The number of halogens is 2. The van der Waals surface area contributed by atoms with E-state index in [-0.39, 0.29) is 0 Å². The number of carbonyl (C=O) groups is 2. The van der Waals surface area contributed by atoms with Gasteiger partial charge in [-0.1, -0.05) is 24.3 Å². The summed E-state index contributed by atoms with van der Waals surface area (Å²) in [6, 6.07) is 13.8. The minimum absolute atomic E-state index is 0.291. The van der Waals surface area contributed by atoms with Crippen LogP contribution in [0.3, 0.4) is 0 Å². The van der Waals surface area contributed by atoms with Crippen molar-refractivity contribution < 1.29 is 32.3 Å². The first kappa shape index (κ1) is 20.3. The first-order valence-corrected chi connectivity index (χ1v) is 9.34. The standard InChI is InChI=1S/C23H17F2NO5/c1-12(30-23(28)21-15(24)7-5-8-16(21)25)22(27)26-17-11-19-14(10-20(17)29-2)13-6-3-4-9-18(13)31-19/h3-12H,1-2H3,(H,26,27)/t12-/m0/s1. The van der Waals surface area contributed by atoms with Gasteiger partial charge in [-0.15, -0.1) is 0 Å². The smallest absolute Gasteiger partial charge is 0.344 e. The number of furan rings is 1. The highest BCUT2D eigenvalue weighted by atomic mass is 19.1. The van der Waals surface area contributed by atoms with E-state index in [4.69, 9.17) is 13.9 Å². The van der Waals surface area contributed by atoms with Crippen molar-refractivity contribution in [3.05, 3.63) is 71.8 Å². The molecule has 0 saturated heterocycles. The fourth-order valence-electron chi connectivity index (χ4n) is 3.22. The maximum absolute atomic E-state index is 13.8. The molecular formula is C23H17F2NO5. The Morgan fingerprint density at radius 3 is 2.39 bits per heavy atom. The van der Waals surface area contributed by atoms with E-state index < -0.39 is 35.2 Å². The fourth-order valence-corrected chi connectivity index (χ4v) is 3.22. The van der Waals surface area contributed by atoms with E-state index in [1.807, 2.05) is 24.3 Å². The lowest BCUT2D eigenvalue weighted by atomic mass is 10.1. The van der Waals surface area contributed by atoms with Crippen molar-refractivity contribution in [2.75, 3.05) is 12.4 Å². The zero-order chi connectivity index (χ0) is 22.1. The Morgan fingerprint density at radius 2 is 1.68 bits per heavy atom. The average molecular weight is 425 g/mol. The van der Waals surface area contributed by atoms with E-state index in [0.29, 0.717) is 22.6 Å². The first-order chi connectivity index (χ1) is 14.9. The van der Waals surface area contributed by atoms with Gasteiger partial charge in [-0.2, -0.15) is 0 Å². The first-order valence-electron chi connectivity index (χ1n) is 9.34. The molecule has 4 aromatic rings. The highest BCUT2D eigenvalue weighted by Crippen LogP contribution is 2.36. The van der Waals surface area contributed by atoms with Gasteiger partial charge >= 0.3 is 5.97 Å². The lowest BCUT2D eigenvalue weighted by Crippen LogP contribution is -2.30. The van der Waals surface area contributed by atoms with Gasteiger partial charge in [-0.25, -0.2) is 13.6 Å². The predicted molar refractivity (Wildman–Crippen MR) is 110 cm³/mol. The number of fused-ring (bicyclic) bond motifs is 3. The summed E-state index contributed by atoms with van der Waals surface area (Å²) >= 11 is 0. The number of anilines is 1. The molecule has 0 fully saturated rings. The van der Waals surface area contributed by atoms with Gasteiger partial charge in [-0.05, 0) is 31.2 Å². The van der Waals surface area contributed by atoms with Gasteiger partial charge in [0.25, 0.3) is 5.91 Å². The van der Waals surface area contributed by atoms with E-state index >= 15 is 0 Å². The van der Waals surface area contributed by atoms with Gasteiger partial charge in [0, 0.05) is 16.8 Å². The lowest BCUT2D eigenvalue weighted by Gasteiger charge is -2.15. The summed E-state index contributed by atoms with van der Waals surface area (Å²) in [5.74, 6) is -3.77. The molecule has 0 aliphatic carbocycles. The Labute approximate surface area is 175 Å². The fraction of sp³-hybridized carbons (Fsp3) is 0.130. The number of nitrogens with one attached hydrogen (secondary N) is 1. The summed E-state index contributed by atoms with van der Waals surface area (Å²) < 4.78 is 43.7. The van der Waals surface area contributed by atoms with Gasteiger partial charge in [-0.3, -0.25) is 4.79 Å². The topological polar surface area (TPSA) is 77.8 Å². The number of methoxy groups -OCH3 is 1. The van der Waals surface area contributed by atoms with Crippen LogP contribution in [0, 0.1) is 11.6 Å². The third-order valence-electron chi connectivity index (χ3n) is 4.78. The van der Waals surface area contributed by atoms with Crippen molar-refractivity contribution in [2.24, 2.45) is 0 Å². The molecule has 0 bridgehead atoms. The minimum atomic E-state index is -1.33. The molecule has 0 radical (unpaired) electrons. The number of para-hydroxylation sites is 1. The van der Waals surface area contributed by atoms with Crippen molar-refractivity contribution in [2.45, 2.75) is 13.0 Å². The molecule has 1 amide bonds. The largest absolute Gasteiger partial charge is 0.495 e. The van der Waals surface area contributed by atoms with E-state index in [0.717, 1.165) is 29.0 Å². The quantitative estimate of drug-likeness (QED) is 0.453. The van der Waals surface area contributed by atoms with Crippen LogP contribution in [0.1, 0.15) is 17.3 Å². The number of ether oxygens (including phenoxy) is 2. The van der Waals surface area contributed by atoms with Crippen molar-refractivity contribution in [3.63, 3.8) is 0 Å². The maximum atomic E-state index is 13.8. The summed E-state index contributed by atoms with van der Waals surface area (Å²) in [6.07, 6.45) is -1.33. The Kier molecular flexibility index (Phi) is 5.29. The molecule has 3 aromatic carbocycles. The highest BCUT2D eigenvalue weighted by Gasteiger charge is 2.25. The van der Waals surface area contributed by atoms with Crippen molar-refractivity contribution >= 4 is 39.5 Å². The maximum Gasteiger partial charge on any atom is 0.344 e. The van der Waals surface area contributed by atoms with E-state index in [1.54, 1.807) is 12.1 Å². The van der Waals surface area contributed by atoms with Crippen LogP contribution in [0.5, 0.6) is 5.75 Å². The molecule has 1 N–H and O–H groups in total. The summed E-state index contributed by atoms with van der Waals surface area (Å²) in [5, 5.41) is 4.29. The lowest BCUT2D eigenvalue weighted by molar-refractivity contribution is -0.123. The molecule has 0 unspecified atom stereocenters. The second kappa shape index (κ2) is 8.06. The van der Waals surface area contributed by atoms with Crippen LogP contribution >= 0.6 is 0 Å². The molecule has 4 rings (SSSR count). The van der Waals surface area contributed by atoms with Crippen LogP contribution in [0.25, 0.3) is 21.9 Å². The number of benzene rings is 3. The van der Waals surface area contributed by atoms with Crippen molar-refractivity contribution in [3.8, 4) is 5.75 Å². The Hall–Kier alpha value is -3.94. The van der Waals surface area contributed by atoms with Crippen LogP contribution in [0.4, 0.5) is 14.5 Å². The number of hydrogen-bond acceptors (Lipinski definition) is 5. The number of hydrogen-bond donors (Lipinski definition) is 1. The molecule has 1 atom stereocenters. The SMILES string of the molecule is COc1cc2c(cc1NC(=O)[C@H](C)OC(=O)c1c(F)cccc1F)oc1ccccc12. The van der Waals surface area contributed by atoms with Crippen LogP contribution in [0.15, 0.2) is 59.0 Å². The monoisotopic (exact) mass is 425 g/mol.